The largest absolute Gasteiger partial charge is 0.490 e. The van der Waals surface area contributed by atoms with Crippen molar-refractivity contribution in [2.75, 3.05) is 26.4 Å². The first kappa shape index (κ1) is 23.1. The first-order chi connectivity index (χ1) is 15.1. The number of rotatable bonds is 11. The van der Waals surface area contributed by atoms with Gasteiger partial charge in [-0.15, -0.1) is 0 Å². The number of carbonyl (C=O) groups is 1. The van der Waals surface area contributed by atoms with Gasteiger partial charge in [-0.05, 0) is 31.0 Å². The molecule has 2 aromatic rings. The number of carbonyl (C=O) groups excluding carboxylic acids is 1. The zero-order chi connectivity index (χ0) is 21.9. The summed E-state index contributed by atoms with van der Waals surface area (Å²) in [4.78, 5) is 12.0. The maximum Gasteiger partial charge on any atom is 0.308 e. The molecule has 0 aliphatic carbocycles. The monoisotopic (exact) mass is 429 g/mol. The van der Waals surface area contributed by atoms with E-state index in [9.17, 15) is 9.90 Å². The van der Waals surface area contributed by atoms with Gasteiger partial charge >= 0.3 is 5.97 Å². The Kier molecular flexibility index (Phi) is 9.15. The third kappa shape index (κ3) is 7.86. The topological polar surface area (TPSA) is 86.3 Å². The highest BCUT2D eigenvalue weighted by Gasteiger charge is 2.25. The number of benzene rings is 2. The van der Waals surface area contributed by atoms with E-state index in [2.05, 4.69) is 5.32 Å². The zero-order valence-corrected chi connectivity index (χ0v) is 17.9. The Bertz CT molecular complexity index is 792. The van der Waals surface area contributed by atoms with Crippen LogP contribution in [-0.4, -0.2) is 55.9 Å². The molecule has 0 amide bonds. The minimum absolute atomic E-state index is 0.0936. The summed E-state index contributed by atoms with van der Waals surface area (Å²) in [7, 11) is 0. The average molecular weight is 430 g/mol. The zero-order valence-electron chi connectivity index (χ0n) is 17.9. The maximum absolute atomic E-state index is 12.0. The fourth-order valence-corrected chi connectivity index (χ4v) is 3.35. The third-order valence-corrected chi connectivity index (χ3v) is 4.96. The van der Waals surface area contributed by atoms with Crippen molar-refractivity contribution in [2.45, 2.75) is 44.6 Å². The van der Waals surface area contributed by atoms with Gasteiger partial charge in [-0.2, -0.15) is 0 Å². The van der Waals surface area contributed by atoms with E-state index in [0.717, 1.165) is 5.56 Å². The molecule has 31 heavy (non-hydrogen) atoms. The van der Waals surface area contributed by atoms with E-state index in [1.165, 1.54) is 0 Å². The number of ether oxygens (including phenoxy) is 4. The lowest BCUT2D eigenvalue weighted by molar-refractivity contribution is -0.171. The molecule has 3 rings (SSSR count). The SMILES string of the molecule is CCOc1ccccc1OCC1CNC(CC(O)OC(=O)CCc2ccccc2)CO1. The number of hydrogen-bond donors (Lipinski definition) is 2. The number of aryl methyl sites for hydroxylation is 1. The molecule has 2 aromatic carbocycles. The van der Waals surface area contributed by atoms with Crippen LogP contribution < -0.4 is 14.8 Å². The molecule has 2 N–H and O–H groups in total. The Labute approximate surface area is 183 Å². The summed E-state index contributed by atoms with van der Waals surface area (Å²) >= 11 is 0. The molecule has 7 heteroatoms. The number of esters is 1. The van der Waals surface area contributed by atoms with Gasteiger partial charge in [0.05, 0.1) is 13.2 Å². The number of aliphatic hydroxyl groups excluding tert-OH is 1. The van der Waals surface area contributed by atoms with Crippen LogP contribution in [0.15, 0.2) is 54.6 Å². The van der Waals surface area contributed by atoms with Gasteiger partial charge in [0.2, 0.25) is 6.29 Å². The molecule has 1 aliphatic heterocycles. The molecular weight excluding hydrogens is 398 g/mol. The van der Waals surface area contributed by atoms with E-state index in [4.69, 9.17) is 18.9 Å². The van der Waals surface area contributed by atoms with Crippen LogP contribution in [0.1, 0.15) is 25.3 Å². The summed E-state index contributed by atoms with van der Waals surface area (Å²) in [5.41, 5.74) is 1.06. The van der Waals surface area contributed by atoms with Crippen LogP contribution in [0.2, 0.25) is 0 Å². The summed E-state index contributed by atoms with van der Waals surface area (Å²) in [5.74, 6) is 0.990. The normalized spacial score (nSPS) is 19.4. The van der Waals surface area contributed by atoms with E-state index < -0.39 is 12.3 Å². The third-order valence-electron chi connectivity index (χ3n) is 4.96. The first-order valence-electron chi connectivity index (χ1n) is 10.7. The summed E-state index contributed by atoms with van der Waals surface area (Å²) in [5, 5.41) is 13.4. The average Bonchev–Trinajstić information content (AvgIpc) is 2.79. The number of hydrogen-bond acceptors (Lipinski definition) is 7. The molecule has 168 valence electrons. The second-order valence-corrected chi connectivity index (χ2v) is 7.42. The molecular formula is C24H31NO6. The van der Waals surface area contributed by atoms with Crippen molar-refractivity contribution < 1.29 is 28.8 Å². The van der Waals surface area contributed by atoms with Gasteiger partial charge < -0.3 is 29.4 Å². The van der Waals surface area contributed by atoms with Gasteiger partial charge in [0.25, 0.3) is 0 Å². The van der Waals surface area contributed by atoms with Gasteiger partial charge in [0.15, 0.2) is 11.5 Å². The second-order valence-electron chi connectivity index (χ2n) is 7.42. The van der Waals surface area contributed by atoms with Gasteiger partial charge in [-0.25, -0.2) is 0 Å². The maximum atomic E-state index is 12.0. The van der Waals surface area contributed by atoms with Crippen molar-refractivity contribution in [1.82, 2.24) is 5.32 Å². The van der Waals surface area contributed by atoms with E-state index >= 15 is 0 Å². The van der Waals surface area contributed by atoms with Crippen LogP contribution in [0.3, 0.4) is 0 Å². The minimum atomic E-state index is -1.16. The molecule has 1 saturated heterocycles. The molecule has 1 aliphatic rings. The minimum Gasteiger partial charge on any atom is -0.490 e. The Balaban J connectivity index is 1.33. The molecule has 1 fully saturated rings. The van der Waals surface area contributed by atoms with Crippen molar-refractivity contribution in [2.24, 2.45) is 0 Å². The van der Waals surface area contributed by atoms with E-state index in [0.29, 0.717) is 44.3 Å². The van der Waals surface area contributed by atoms with Gasteiger partial charge in [-0.3, -0.25) is 4.79 Å². The standard InChI is InChI=1S/C24H31NO6/c1-2-28-21-10-6-7-11-22(21)30-17-20-15-25-19(16-29-20)14-24(27)31-23(26)13-12-18-8-4-3-5-9-18/h3-11,19-20,24-25,27H,2,12-17H2,1H3. The summed E-state index contributed by atoms with van der Waals surface area (Å²) in [6.45, 7) is 3.87. The number of aliphatic hydroxyl groups is 1. The Morgan fingerprint density at radius 3 is 2.52 bits per heavy atom. The highest BCUT2D eigenvalue weighted by Crippen LogP contribution is 2.26. The molecule has 1 heterocycles. The molecule has 0 spiro atoms. The quantitative estimate of drug-likeness (QED) is 0.420. The molecule has 3 unspecified atom stereocenters. The second kappa shape index (κ2) is 12.3. The fourth-order valence-electron chi connectivity index (χ4n) is 3.35. The van der Waals surface area contributed by atoms with Crippen molar-refractivity contribution in [3.63, 3.8) is 0 Å². The highest BCUT2D eigenvalue weighted by molar-refractivity contribution is 5.69. The summed E-state index contributed by atoms with van der Waals surface area (Å²) in [6.07, 6.45) is -0.173. The molecule has 0 bridgehead atoms. The summed E-state index contributed by atoms with van der Waals surface area (Å²) < 4.78 is 22.4. The lowest BCUT2D eigenvalue weighted by atomic mass is 10.1. The molecule has 0 radical (unpaired) electrons. The van der Waals surface area contributed by atoms with Crippen molar-refractivity contribution in [1.29, 1.82) is 0 Å². The Hall–Kier alpha value is -2.61. The van der Waals surface area contributed by atoms with Crippen LogP contribution in [-0.2, 0) is 20.7 Å². The summed E-state index contributed by atoms with van der Waals surface area (Å²) in [6, 6.07) is 17.2. The number of nitrogens with one attached hydrogen (secondary N) is 1. The van der Waals surface area contributed by atoms with Crippen molar-refractivity contribution in [3.8, 4) is 11.5 Å². The van der Waals surface area contributed by atoms with Gasteiger partial charge in [0.1, 0.15) is 12.7 Å². The van der Waals surface area contributed by atoms with E-state index in [-0.39, 0.29) is 25.0 Å². The van der Waals surface area contributed by atoms with E-state index in [1.807, 2.05) is 61.5 Å². The van der Waals surface area contributed by atoms with Crippen LogP contribution in [0.4, 0.5) is 0 Å². The van der Waals surface area contributed by atoms with Gasteiger partial charge in [0, 0.05) is 25.4 Å². The van der Waals surface area contributed by atoms with Crippen molar-refractivity contribution in [3.05, 3.63) is 60.2 Å². The smallest absolute Gasteiger partial charge is 0.308 e. The lowest BCUT2D eigenvalue weighted by Gasteiger charge is -2.31. The Morgan fingerprint density at radius 2 is 1.84 bits per heavy atom. The number of morpholine rings is 1. The van der Waals surface area contributed by atoms with Crippen LogP contribution >= 0.6 is 0 Å². The first-order valence-corrected chi connectivity index (χ1v) is 10.7. The fraction of sp³-hybridized carbons (Fsp3) is 0.458. The van der Waals surface area contributed by atoms with Crippen LogP contribution in [0.25, 0.3) is 0 Å². The number of para-hydroxylation sites is 2. The van der Waals surface area contributed by atoms with E-state index in [1.54, 1.807) is 0 Å². The Morgan fingerprint density at radius 1 is 1.13 bits per heavy atom. The highest BCUT2D eigenvalue weighted by atomic mass is 16.6. The molecule has 7 nitrogen and oxygen atoms in total. The predicted octanol–water partition coefficient (Wildman–Crippen LogP) is 2.71. The lowest BCUT2D eigenvalue weighted by Crippen LogP contribution is -2.49. The molecule has 0 aromatic heterocycles. The molecule has 0 saturated carbocycles. The van der Waals surface area contributed by atoms with Crippen molar-refractivity contribution >= 4 is 5.97 Å². The van der Waals surface area contributed by atoms with Crippen LogP contribution in [0.5, 0.6) is 11.5 Å². The predicted molar refractivity (Wildman–Crippen MR) is 116 cm³/mol. The van der Waals surface area contributed by atoms with Crippen LogP contribution in [0, 0.1) is 0 Å². The molecule has 3 atom stereocenters. The van der Waals surface area contributed by atoms with Gasteiger partial charge in [-0.1, -0.05) is 42.5 Å².